The van der Waals surface area contributed by atoms with Crippen LogP contribution in [0.1, 0.15) is 112 Å². The fourth-order valence-electron chi connectivity index (χ4n) is 15.3. The number of rotatable bonds is 8. The molecule has 16 rings (SSSR count). The molecular weight excluding hydrogens is 981 g/mol. The van der Waals surface area contributed by atoms with Crippen molar-refractivity contribution >= 4 is 88.4 Å². The van der Waals surface area contributed by atoms with Crippen molar-refractivity contribution in [3.05, 3.63) is 251 Å². The molecule has 81 heavy (non-hydrogen) atoms. The van der Waals surface area contributed by atoms with Crippen LogP contribution in [0.3, 0.4) is 0 Å². The highest BCUT2D eigenvalue weighted by molar-refractivity contribution is 6.30. The highest BCUT2D eigenvalue weighted by atomic mass is 16.3. The van der Waals surface area contributed by atoms with E-state index in [2.05, 4.69) is 271 Å². The molecule has 0 fully saturated rings. The van der Waals surface area contributed by atoms with E-state index in [4.69, 9.17) is 4.42 Å². The Hall–Kier alpha value is -8.92. The van der Waals surface area contributed by atoms with Crippen LogP contribution in [0.25, 0.3) is 87.6 Å². The predicted octanol–water partition coefficient (Wildman–Crippen LogP) is 22.0. The van der Waals surface area contributed by atoms with Crippen LogP contribution in [0.4, 0.5) is 34.1 Å². The SMILES string of the molecule is CC(C)c1cc(N(c2ccc3c(c2)C(C)(C)c2ccccc2-3)c2cccc3c2CCc2ccccc2-3)c2ccc3c(C(C)C)cc(N(c4ccc5c(c4)C(C)(C)c4ccccc4-5)c4cccc5c4oc4ccccc45)c4ccc1c2c34. The fourth-order valence-corrected chi connectivity index (χ4v) is 15.3. The average molecular weight is 1050 g/mol. The van der Waals surface area contributed by atoms with Crippen LogP contribution in [0.2, 0.25) is 0 Å². The van der Waals surface area contributed by atoms with Gasteiger partial charge in [0.2, 0.25) is 0 Å². The Labute approximate surface area is 475 Å². The Morgan fingerprint density at radius 2 is 0.827 bits per heavy atom. The van der Waals surface area contributed by atoms with Crippen molar-refractivity contribution in [1.29, 1.82) is 0 Å². The third-order valence-corrected chi connectivity index (χ3v) is 19.3. The monoisotopic (exact) mass is 1040 g/mol. The van der Waals surface area contributed by atoms with Gasteiger partial charge in [-0.3, -0.25) is 0 Å². The fraction of sp³-hybridized carbons (Fsp3) is 0.179. The Bertz CT molecular complexity index is 4790. The van der Waals surface area contributed by atoms with Crippen molar-refractivity contribution in [2.75, 3.05) is 9.80 Å². The van der Waals surface area contributed by atoms with Crippen molar-refractivity contribution in [2.45, 2.75) is 90.9 Å². The van der Waals surface area contributed by atoms with Gasteiger partial charge in [0, 0.05) is 49.4 Å². The molecule has 3 aliphatic carbocycles. The second-order valence-corrected chi connectivity index (χ2v) is 25.0. The zero-order valence-electron chi connectivity index (χ0n) is 47.5. The normalized spacial score (nSPS) is 14.5. The van der Waals surface area contributed by atoms with Crippen molar-refractivity contribution < 1.29 is 4.42 Å². The molecular formula is C78H64N2O. The van der Waals surface area contributed by atoms with Gasteiger partial charge in [0.25, 0.3) is 0 Å². The first-order valence-corrected chi connectivity index (χ1v) is 29.3. The van der Waals surface area contributed by atoms with Crippen LogP contribution in [0.5, 0.6) is 0 Å². The number of hydrogen-bond donors (Lipinski definition) is 0. The van der Waals surface area contributed by atoms with Crippen molar-refractivity contribution in [3.8, 4) is 33.4 Å². The largest absolute Gasteiger partial charge is 0.454 e. The Kier molecular flexibility index (Phi) is 10.3. The summed E-state index contributed by atoms with van der Waals surface area (Å²) in [6.07, 6.45) is 1.97. The third-order valence-electron chi connectivity index (χ3n) is 19.3. The number of nitrogens with zero attached hydrogens (tertiary/aromatic N) is 2. The first kappa shape index (κ1) is 48.0. The van der Waals surface area contributed by atoms with Crippen LogP contribution in [0, 0.1) is 0 Å². The van der Waals surface area contributed by atoms with Crippen LogP contribution >= 0.6 is 0 Å². The molecule has 0 unspecified atom stereocenters. The highest BCUT2D eigenvalue weighted by Gasteiger charge is 2.39. The number of aryl methyl sites for hydroxylation is 1. The van der Waals surface area contributed by atoms with E-state index in [1.54, 1.807) is 0 Å². The molecule has 0 amide bonds. The molecule has 3 nitrogen and oxygen atoms in total. The molecule has 1 heterocycles. The molecule has 0 bridgehead atoms. The minimum absolute atomic E-state index is 0.171. The van der Waals surface area contributed by atoms with Gasteiger partial charge in [-0.2, -0.15) is 0 Å². The molecule has 0 aliphatic heterocycles. The van der Waals surface area contributed by atoms with Crippen molar-refractivity contribution in [2.24, 2.45) is 0 Å². The summed E-state index contributed by atoms with van der Waals surface area (Å²) < 4.78 is 7.03. The summed E-state index contributed by atoms with van der Waals surface area (Å²) in [5, 5.41) is 9.94. The average Bonchev–Trinajstić information content (AvgIpc) is 4.23. The zero-order valence-corrected chi connectivity index (χ0v) is 47.5. The first-order valence-electron chi connectivity index (χ1n) is 29.3. The number of hydrogen-bond acceptors (Lipinski definition) is 3. The Morgan fingerprint density at radius 3 is 1.43 bits per heavy atom. The summed E-state index contributed by atoms with van der Waals surface area (Å²) in [6, 6.07) is 78.7. The summed E-state index contributed by atoms with van der Waals surface area (Å²) in [7, 11) is 0. The number of para-hydroxylation sites is 2. The zero-order chi connectivity index (χ0) is 54.8. The van der Waals surface area contributed by atoms with Crippen LogP contribution in [-0.2, 0) is 23.7 Å². The molecule has 1 aromatic heterocycles. The summed E-state index contributed by atoms with van der Waals surface area (Å²) in [6.45, 7) is 19.1. The van der Waals surface area contributed by atoms with E-state index in [1.165, 1.54) is 127 Å². The number of fused-ring (bicyclic) bond motifs is 12. The lowest BCUT2D eigenvalue weighted by atomic mass is 9.81. The predicted molar refractivity (Wildman–Crippen MR) is 343 cm³/mol. The topological polar surface area (TPSA) is 19.6 Å². The van der Waals surface area contributed by atoms with E-state index in [1.807, 2.05) is 0 Å². The maximum absolute atomic E-state index is 7.03. The molecule has 12 aromatic carbocycles. The molecule has 0 saturated heterocycles. The first-order chi connectivity index (χ1) is 39.4. The van der Waals surface area contributed by atoms with Gasteiger partial charge in [0.15, 0.2) is 5.58 Å². The van der Waals surface area contributed by atoms with Gasteiger partial charge in [-0.15, -0.1) is 0 Å². The van der Waals surface area contributed by atoms with Gasteiger partial charge >= 0.3 is 0 Å². The molecule has 392 valence electrons. The summed E-state index contributed by atoms with van der Waals surface area (Å²) in [5.41, 5.74) is 27.2. The Morgan fingerprint density at radius 1 is 0.358 bits per heavy atom. The molecule has 0 saturated carbocycles. The van der Waals surface area contributed by atoms with Gasteiger partial charge in [-0.05, 0) is 179 Å². The second kappa shape index (κ2) is 17.3. The van der Waals surface area contributed by atoms with Crippen molar-refractivity contribution in [3.63, 3.8) is 0 Å². The lowest BCUT2D eigenvalue weighted by Gasteiger charge is -2.34. The minimum Gasteiger partial charge on any atom is -0.454 e. The minimum atomic E-state index is -0.194. The molecule has 13 aromatic rings. The quantitative estimate of drug-likeness (QED) is 0.141. The molecule has 3 heteroatoms. The smallest absolute Gasteiger partial charge is 0.159 e. The molecule has 0 atom stereocenters. The van der Waals surface area contributed by atoms with E-state index in [0.29, 0.717) is 0 Å². The van der Waals surface area contributed by atoms with E-state index in [-0.39, 0.29) is 22.7 Å². The van der Waals surface area contributed by atoms with E-state index >= 15 is 0 Å². The summed E-state index contributed by atoms with van der Waals surface area (Å²) in [4.78, 5) is 5.20. The lowest BCUT2D eigenvalue weighted by molar-refractivity contribution is 0.660. The second-order valence-electron chi connectivity index (χ2n) is 25.0. The standard InChI is InChI=1S/C78H64N2O/c1-45(2)63-43-71(79(69-28-17-24-51-50-20-10-9-19-47(50)31-34-56(51)69)48-32-35-54-52-21-11-14-26-65(52)77(5,6)67(54)41-48)61-39-37-59-64(46(3)4)44-72(62-40-38-58(63)74(61)75(59)62)80(70-29-18-25-60-57-23-13-16-30-73(57)81-76(60)70)49-33-36-55-53-22-12-15-27-66(53)78(7,8)68(55)42-49/h9-30,32-33,35-46H,31,34H2,1-8H3. The van der Waals surface area contributed by atoms with Gasteiger partial charge in [0.1, 0.15) is 5.58 Å². The molecule has 0 spiro atoms. The van der Waals surface area contributed by atoms with E-state index in [9.17, 15) is 0 Å². The van der Waals surface area contributed by atoms with Crippen molar-refractivity contribution in [1.82, 2.24) is 0 Å². The Balaban J connectivity index is 1.00. The maximum Gasteiger partial charge on any atom is 0.159 e. The van der Waals surface area contributed by atoms with Crippen LogP contribution < -0.4 is 9.80 Å². The number of anilines is 6. The lowest BCUT2D eigenvalue weighted by Crippen LogP contribution is -2.18. The van der Waals surface area contributed by atoms with Gasteiger partial charge in [-0.1, -0.05) is 207 Å². The van der Waals surface area contributed by atoms with Crippen LogP contribution in [0.15, 0.2) is 211 Å². The summed E-state index contributed by atoms with van der Waals surface area (Å²) in [5.74, 6) is 0.467. The van der Waals surface area contributed by atoms with E-state index < -0.39 is 0 Å². The molecule has 0 N–H and O–H groups in total. The highest BCUT2D eigenvalue weighted by Crippen LogP contribution is 2.57. The van der Waals surface area contributed by atoms with Gasteiger partial charge < -0.3 is 14.2 Å². The molecule has 0 radical (unpaired) electrons. The van der Waals surface area contributed by atoms with Gasteiger partial charge in [0.05, 0.1) is 17.1 Å². The summed E-state index contributed by atoms with van der Waals surface area (Å²) >= 11 is 0. The number of furan rings is 1. The van der Waals surface area contributed by atoms with Gasteiger partial charge in [-0.25, -0.2) is 0 Å². The maximum atomic E-state index is 7.03. The molecule has 3 aliphatic rings. The van der Waals surface area contributed by atoms with E-state index in [0.717, 1.165) is 51.8 Å². The number of benzene rings is 12. The third kappa shape index (κ3) is 6.76. The van der Waals surface area contributed by atoms with Crippen LogP contribution in [-0.4, -0.2) is 0 Å².